The minimum Gasteiger partial charge on any atom is -0.550 e. The van der Waals surface area contributed by atoms with E-state index < -0.39 is 23.8 Å². The predicted octanol–water partition coefficient (Wildman–Crippen LogP) is 1.67. The van der Waals surface area contributed by atoms with Crippen molar-refractivity contribution in [2.24, 2.45) is 23.7 Å². The fourth-order valence-corrected chi connectivity index (χ4v) is 4.91. The van der Waals surface area contributed by atoms with Gasteiger partial charge >= 0.3 is 5.97 Å². The van der Waals surface area contributed by atoms with Crippen LogP contribution < -0.4 is 10.4 Å². The van der Waals surface area contributed by atoms with Gasteiger partial charge < -0.3 is 20.0 Å². The van der Waals surface area contributed by atoms with Gasteiger partial charge in [-0.05, 0) is 44.6 Å². The number of hydrogen-bond donors (Lipinski definition) is 1. The number of amides is 1. The number of thiophene rings is 1. The first kappa shape index (κ1) is 17.7. The number of carboxylic acids is 1. The van der Waals surface area contributed by atoms with Gasteiger partial charge in [0.1, 0.15) is 5.00 Å². The van der Waals surface area contributed by atoms with Gasteiger partial charge in [0.05, 0.1) is 18.1 Å². The van der Waals surface area contributed by atoms with E-state index in [1.54, 1.807) is 13.8 Å². The normalized spacial score (nSPS) is 26.7. The smallest absolute Gasteiger partial charge is 0.341 e. The topological polar surface area (TPSA) is 95.5 Å². The van der Waals surface area contributed by atoms with Gasteiger partial charge in [0.25, 0.3) is 0 Å². The van der Waals surface area contributed by atoms with Crippen molar-refractivity contribution in [3.63, 3.8) is 0 Å². The monoisotopic (exact) mass is 362 g/mol. The van der Waals surface area contributed by atoms with E-state index in [2.05, 4.69) is 5.32 Å². The van der Waals surface area contributed by atoms with Gasteiger partial charge in [-0.2, -0.15) is 0 Å². The number of carbonyl (C=O) groups excluding carboxylic acids is 3. The Balaban J connectivity index is 1.87. The van der Waals surface area contributed by atoms with Crippen molar-refractivity contribution in [2.45, 2.75) is 27.2 Å². The number of nitrogens with one attached hydrogen (secondary N) is 1. The number of aryl methyl sites for hydroxylation is 1. The summed E-state index contributed by atoms with van der Waals surface area (Å²) in [6, 6.07) is 0. The minimum atomic E-state index is -1.19. The third kappa shape index (κ3) is 2.97. The Hall–Kier alpha value is -2.15. The second-order valence-electron chi connectivity index (χ2n) is 6.52. The Kier molecular flexibility index (Phi) is 4.69. The molecule has 2 aliphatic carbocycles. The predicted molar refractivity (Wildman–Crippen MR) is 91.1 cm³/mol. The molecule has 0 saturated heterocycles. The van der Waals surface area contributed by atoms with Crippen LogP contribution in [-0.4, -0.2) is 24.5 Å². The van der Waals surface area contributed by atoms with Gasteiger partial charge in [0.15, 0.2) is 0 Å². The number of esters is 1. The van der Waals surface area contributed by atoms with E-state index in [1.807, 2.05) is 19.1 Å². The average Bonchev–Trinajstić information content (AvgIpc) is 3.21. The summed E-state index contributed by atoms with van der Waals surface area (Å²) in [4.78, 5) is 37.4. The lowest BCUT2D eigenvalue weighted by Crippen LogP contribution is -2.42. The Morgan fingerprint density at radius 3 is 2.48 bits per heavy atom. The second kappa shape index (κ2) is 6.63. The van der Waals surface area contributed by atoms with Crippen LogP contribution in [0, 0.1) is 37.5 Å². The lowest BCUT2D eigenvalue weighted by Gasteiger charge is -2.27. The number of fused-ring (bicyclic) bond motifs is 2. The lowest BCUT2D eigenvalue weighted by molar-refractivity contribution is -0.313. The summed E-state index contributed by atoms with van der Waals surface area (Å²) in [7, 11) is 0. The first-order chi connectivity index (χ1) is 11.8. The van der Waals surface area contributed by atoms with E-state index in [-0.39, 0.29) is 24.3 Å². The van der Waals surface area contributed by atoms with Crippen molar-refractivity contribution in [3.8, 4) is 0 Å². The third-order valence-corrected chi connectivity index (χ3v) is 6.26. The Labute approximate surface area is 149 Å². The molecule has 0 aliphatic heterocycles. The molecule has 0 unspecified atom stereocenters. The van der Waals surface area contributed by atoms with Gasteiger partial charge in [-0.1, -0.05) is 12.2 Å². The molecule has 0 radical (unpaired) electrons. The first-order valence-electron chi connectivity index (χ1n) is 8.32. The molecule has 1 N–H and O–H groups in total. The summed E-state index contributed by atoms with van der Waals surface area (Å²) >= 11 is 1.30. The summed E-state index contributed by atoms with van der Waals surface area (Å²) in [5, 5.41) is 14.7. The van der Waals surface area contributed by atoms with E-state index in [1.165, 1.54) is 11.3 Å². The van der Waals surface area contributed by atoms with Crippen LogP contribution in [0.25, 0.3) is 0 Å². The molecule has 1 saturated carbocycles. The van der Waals surface area contributed by atoms with Gasteiger partial charge in [0, 0.05) is 16.8 Å². The van der Waals surface area contributed by atoms with Crippen LogP contribution in [0.5, 0.6) is 0 Å². The molecular formula is C18H20NO5S-. The number of carboxylic acid groups (broad SMARTS) is 1. The molecule has 1 aromatic rings. The van der Waals surface area contributed by atoms with Crippen molar-refractivity contribution in [3.05, 3.63) is 28.2 Å². The van der Waals surface area contributed by atoms with Crippen LogP contribution in [0.1, 0.15) is 34.1 Å². The van der Waals surface area contributed by atoms with E-state index in [0.717, 1.165) is 10.4 Å². The largest absolute Gasteiger partial charge is 0.550 e. The van der Waals surface area contributed by atoms with Crippen LogP contribution in [0.15, 0.2) is 12.2 Å². The number of hydrogen-bond acceptors (Lipinski definition) is 6. The summed E-state index contributed by atoms with van der Waals surface area (Å²) in [6.07, 6.45) is 4.42. The summed E-state index contributed by atoms with van der Waals surface area (Å²) in [5.41, 5.74) is 1.12. The number of carbonyl (C=O) groups is 3. The molecule has 3 rings (SSSR count). The van der Waals surface area contributed by atoms with Crippen molar-refractivity contribution in [1.82, 2.24) is 0 Å². The lowest BCUT2D eigenvalue weighted by atomic mass is 9.82. The Bertz CT molecular complexity index is 766. The highest BCUT2D eigenvalue weighted by molar-refractivity contribution is 7.16. The van der Waals surface area contributed by atoms with Crippen molar-refractivity contribution >= 4 is 34.2 Å². The van der Waals surface area contributed by atoms with Crippen LogP contribution >= 0.6 is 11.3 Å². The Morgan fingerprint density at radius 2 is 1.88 bits per heavy atom. The molecule has 2 aliphatic rings. The van der Waals surface area contributed by atoms with Gasteiger partial charge in [0.2, 0.25) is 5.91 Å². The number of anilines is 1. The van der Waals surface area contributed by atoms with Gasteiger partial charge in [-0.25, -0.2) is 4.79 Å². The van der Waals surface area contributed by atoms with Crippen LogP contribution in [-0.2, 0) is 14.3 Å². The summed E-state index contributed by atoms with van der Waals surface area (Å²) in [6.45, 7) is 5.63. The molecule has 4 atom stereocenters. The molecule has 2 bridgehead atoms. The van der Waals surface area contributed by atoms with Crippen molar-refractivity contribution < 1.29 is 24.2 Å². The second-order valence-corrected chi connectivity index (χ2v) is 7.74. The number of aliphatic carboxylic acids is 1. The standard InChI is InChI=1S/C18H21NO5S/c1-4-24-18(23)12-8(2)9(3)25-16(12)19-15(20)13-10-5-6-11(7-10)14(13)17(21)22/h5-6,10-11,13-14H,4,7H2,1-3H3,(H,19,20)(H,21,22)/p-1/t10-,11-,13+,14+/m1/s1. The average molecular weight is 362 g/mol. The molecule has 0 aromatic carbocycles. The molecule has 0 spiro atoms. The van der Waals surface area contributed by atoms with Crippen LogP contribution in [0.2, 0.25) is 0 Å². The zero-order chi connectivity index (χ0) is 18.3. The zero-order valence-corrected chi connectivity index (χ0v) is 15.1. The molecular weight excluding hydrogens is 342 g/mol. The molecule has 134 valence electrons. The van der Waals surface area contributed by atoms with E-state index in [0.29, 0.717) is 17.0 Å². The maximum Gasteiger partial charge on any atom is 0.341 e. The van der Waals surface area contributed by atoms with Gasteiger partial charge in [-0.3, -0.25) is 4.79 Å². The highest BCUT2D eigenvalue weighted by Gasteiger charge is 2.49. The first-order valence-corrected chi connectivity index (χ1v) is 9.13. The molecule has 6 nitrogen and oxygen atoms in total. The quantitative estimate of drug-likeness (QED) is 0.635. The fourth-order valence-electron chi connectivity index (χ4n) is 3.86. The zero-order valence-electron chi connectivity index (χ0n) is 14.3. The number of rotatable bonds is 5. The highest BCUT2D eigenvalue weighted by Crippen LogP contribution is 2.48. The fraction of sp³-hybridized carbons (Fsp3) is 0.500. The molecule has 1 fully saturated rings. The third-order valence-electron chi connectivity index (χ3n) is 5.14. The van der Waals surface area contributed by atoms with E-state index in [9.17, 15) is 19.5 Å². The summed E-state index contributed by atoms with van der Waals surface area (Å²) in [5.74, 6) is -3.79. The Morgan fingerprint density at radius 1 is 1.24 bits per heavy atom. The van der Waals surface area contributed by atoms with E-state index >= 15 is 0 Å². The molecule has 25 heavy (non-hydrogen) atoms. The molecule has 1 aromatic heterocycles. The summed E-state index contributed by atoms with van der Waals surface area (Å²) < 4.78 is 5.08. The minimum absolute atomic E-state index is 0.0962. The van der Waals surface area contributed by atoms with Crippen molar-refractivity contribution in [1.29, 1.82) is 0 Å². The number of ether oxygens (including phenoxy) is 1. The van der Waals surface area contributed by atoms with Crippen molar-refractivity contribution in [2.75, 3.05) is 11.9 Å². The molecule has 1 amide bonds. The maximum atomic E-state index is 12.8. The SMILES string of the molecule is CCOC(=O)c1c(NC(=O)[C@@H]2[C@@H](C(=O)[O-])[C@@H]3C=C[C@@H]2C3)sc(C)c1C. The molecule has 1 heterocycles. The highest BCUT2D eigenvalue weighted by atomic mass is 32.1. The van der Waals surface area contributed by atoms with Crippen LogP contribution in [0.3, 0.4) is 0 Å². The maximum absolute atomic E-state index is 12.8. The van der Waals surface area contributed by atoms with Gasteiger partial charge in [-0.15, -0.1) is 11.3 Å². The van der Waals surface area contributed by atoms with Crippen LogP contribution in [0.4, 0.5) is 5.00 Å². The molecule has 7 heteroatoms. The number of allylic oxidation sites excluding steroid dienone is 2. The van der Waals surface area contributed by atoms with E-state index in [4.69, 9.17) is 4.74 Å².